The predicted octanol–water partition coefficient (Wildman–Crippen LogP) is 1.72. The molecular formula is C25H37N5O5. The Hall–Kier alpha value is -3.08. The number of anilines is 1. The van der Waals surface area contributed by atoms with Gasteiger partial charge in [-0.3, -0.25) is 14.5 Å². The molecule has 0 amide bonds. The maximum atomic E-state index is 11.9. The normalized spacial score (nSPS) is 22.9. The SMILES string of the molecule is CC(C)c1ccc(N2CC[C@](O)(c3ccccc3)[C@H](N3CCN(C)CC3)C2)nn1.O=CO.O=CO. The zero-order chi connectivity index (χ0) is 25.8. The Morgan fingerprint density at radius 2 is 1.54 bits per heavy atom. The molecule has 0 unspecified atom stereocenters. The molecule has 0 aliphatic carbocycles. The number of rotatable bonds is 4. The van der Waals surface area contributed by atoms with E-state index >= 15 is 0 Å². The molecule has 1 aromatic heterocycles. The standard InChI is InChI=1S/C23H33N5O.2CH2O2/c1-18(2)20-9-10-22(25-24-20)28-12-11-23(29,19-7-5-4-6-8-19)21(17-28)27-15-13-26(3)14-16-27;2*2-1-3/h4-10,18,21,29H,11-17H2,1-3H3;2*1H,(H,2,3)/t21-,23+;;/m1../s1. The van der Waals surface area contributed by atoms with E-state index in [4.69, 9.17) is 19.8 Å². The van der Waals surface area contributed by atoms with Gasteiger partial charge in [0.2, 0.25) is 0 Å². The Morgan fingerprint density at radius 1 is 0.943 bits per heavy atom. The van der Waals surface area contributed by atoms with Gasteiger partial charge in [0.1, 0.15) is 5.60 Å². The van der Waals surface area contributed by atoms with Crippen molar-refractivity contribution < 1.29 is 24.9 Å². The number of carbonyl (C=O) groups is 2. The van der Waals surface area contributed by atoms with Crippen LogP contribution in [-0.4, -0.2) is 101 Å². The number of aliphatic hydroxyl groups is 1. The third kappa shape index (κ3) is 7.45. The summed E-state index contributed by atoms with van der Waals surface area (Å²) >= 11 is 0. The molecule has 2 atom stereocenters. The minimum Gasteiger partial charge on any atom is -0.483 e. The quantitative estimate of drug-likeness (QED) is 0.548. The summed E-state index contributed by atoms with van der Waals surface area (Å²) in [6.45, 7) is 9.30. The van der Waals surface area contributed by atoms with Gasteiger partial charge in [0, 0.05) is 39.3 Å². The number of likely N-dealkylation sites (N-methyl/N-ethyl adjacent to an activating group) is 1. The van der Waals surface area contributed by atoms with Gasteiger partial charge in [-0.2, -0.15) is 5.10 Å². The maximum Gasteiger partial charge on any atom is 0.290 e. The van der Waals surface area contributed by atoms with Crippen LogP contribution in [0, 0.1) is 0 Å². The van der Waals surface area contributed by atoms with Crippen LogP contribution in [0.5, 0.6) is 0 Å². The van der Waals surface area contributed by atoms with E-state index < -0.39 is 5.60 Å². The van der Waals surface area contributed by atoms with Gasteiger partial charge in [-0.05, 0) is 37.1 Å². The van der Waals surface area contributed by atoms with Gasteiger partial charge in [0.05, 0.1) is 11.7 Å². The summed E-state index contributed by atoms with van der Waals surface area (Å²) < 4.78 is 0. The Bertz CT molecular complexity index is 885. The first-order valence-corrected chi connectivity index (χ1v) is 11.8. The van der Waals surface area contributed by atoms with Crippen molar-refractivity contribution in [1.29, 1.82) is 0 Å². The molecular weight excluding hydrogens is 450 g/mol. The fourth-order valence-corrected chi connectivity index (χ4v) is 4.56. The fraction of sp³-hybridized carbons (Fsp3) is 0.520. The van der Waals surface area contributed by atoms with Crippen LogP contribution in [0.3, 0.4) is 0 Å². The molecule has 35 heavy (non-hydrogen) atoms. The average molecular weight is 488 g/mol. The average Bonchev–Trinajstić information content (AvgIpc) is 2.87. The van der Waals surface area contributed by atoms with E-state index in [9.17, 15) is 5.11 Å². The van der Waals surface area contributed by atoms with Crippen molar-refractivity contribution in [2.75, 3.05) is 51.2 Å². The summed E-state index contributed by atoms with van der Waals surface area (Å²) in [5, 5.41) is 34.6. The Labute approximate surface area is 206 Å². The van der Waals surface area contributed by atoms with Gasteiger partial charge in [0.15, 0.2) is 5.82 Å². The Morgan fingerprint density at radius 3 is 2.06 bits per heavy atom. The highest BCUT2D eigenvalue weighted by Gasteiger charge is 2.46. The van der Waals surface area contributed by atoms with Crippen molar-refractivity contribution in [1.82, 2.24) is 20.0 Å². The highest BCUT2D eigenvalue weighted by molar-refractivity contribution is 5.41. The van der Waals surface area contributed by atoms with E-state index in [0.717, 1.165) is 56.3 Å². The van der Waals surface area contributed by atoms with Crippen molar-refractivity contribution in [3.63, 3.8) is 0 Å². The molecule has 10 heteroatoms. The molecule has 2 aliphatic rings. The van der Waals surface area contributed by atoms with Crippen molar-refractivity contribution in [3.8, 4) is 0 Å². The van der Waals surface area contributed by atoms with Gasteiger partial charge in [0.25, 0.3) is 12.9 Å². The van der Waals surface area contributed by atoms with Crippen LogP contribution in [0.1, 0.15) is 37.4 Å². The maximum absolute atomic E-state index is 11.9. The van der Waals surface area contributed by atoms with Gasteiger partial charge in [-0.25, -0.2) is 0 Å². The minimum absolute atomic E-state index is 0.0268. The van der Waals surface area contributed by atoms with E-state index in [1.165, 1.54) is 0 Å². The molecule has 1 aromatic carbocycles. The predicted molar refractivity (Wildman–Crippen MR) is 134 cm³/mol. The first-order chi connectivity index (χ1) is 16.8. The van der Waals surface area contributed by atoms with E-state index in [1.807, 2.05) is 18.2 Å². The van der Waals surface area contributed by atoms with Gasteiger partial charge >= 0.3 is 0 Å². The summed E-state index contributed by atoms with van der Waals surface area (Å²) in [5.74, 6) is 1.28. The van der Waals surface area contributed by atoms with E-state index in [0.29, 0.717) is 12.3 Å². The second kappa shape index (κ2) is 13.7. The lowest BCUT2D eigenvalue weighted by molar-refractivity contribution is -0.123. The highest BCUT2D eigenvalue weighted by atomic mass is 16.3. The van der Waals surface area contributed by atoms with Crippen LogP contribution in [0.25, 0.3) is 0 Å². The van der Waals surface area contributed by atoms with Crippen LogP contribution in [0.15, 0.2) is 42.5 Å². The van der Waals surface area contributed by atoms with Crippen molar-refractivity contribution in [3.05, 3.63) is 53.7 Å². The summed E-state index contributed by atoms with van der Waals surface area (Å²) in [6.07, 6.45) is 0.682. The van der Waals surface area contributed by atoms with Crippen molar-refractivity contribution >= 4 is 18.8 Å². The molecule has 192 valence electrons. The summed E-state index contributed by atoms with van der Waals surface area (Å²) in [5.41, 5.74) is 1.19. The topological polar surface area (TPSA) is 130 Å². The summed E-state index contributed by atoms with van der Waals surface area (Å²) in [7, 11) is 2.17. The minimum atomic E-state index is -0.848. The molecule has 0 bridgehead atoms. The summed E-state index contributed by atoms with van der Waals surface area (Å²) in [6, 6.07) is 14.4. The monoisotopic (exact) mass is 487 g/mol. The van der Waals surface area contributed by atoms with Crippen LogP contribution < -0.4 is 4.90 Å². The number of benzene rings is 1. The van der Waals surface area contributed by atoms with E-state index in [-0.39, 0.29) is 19.0 Å². The van der Waals surface area contributed by atoms with Crippen molar-refractivity contribution in [2.45, 2.75) is 37.8 Å². The molecule has 2 aliphatic heterocycles. The largest absolute Gasteiger partial charge is 0.483 e. The van der Waals surface area contributed by atoms with Gasteiger partial charge in [-0.1, -0.05) is 44.2 Å². The molecule has 2 aromatic rings. The third-order valence-corrected chi connectivity index (χ3v) is 6.55. The number of hydrogen-bond acceptors (Lipinski definition) is 8. The van der Waals surface area contributed by atoms with Crippen LogP contribution in [-0.2, 0) is 15.2 Å². The van der Waals surface area contributed by atoms with Crippen molar-refractivity contribution in [2.24, 2.45) is 0 Å². The number of piperidine rings is 1. The number of piperazine rings is 1. The molecule has 0 saturated carbocycles. The lowest BCUT2D eigenvalue weighted by Gasteiger charge is -2.51. The molecule has 3 N–H and O–H groups in total. The lowest BCUT2D eigenvalue weighted by Crippen LogP contribution is -2.64. The van der Waals surface area contributed by atoms with Crippen LogP contribution >= 0.6 is 0 Å². The Balaban J connectivity index is 0.000000655. The van der Waals surface area contributed by atoms with Crippen LogP contribution in [0.2, 0.25) is 0 Å². The first kappa shape index (κ1) is 28.2. The smallest absolute Gasteiger partial charge is 0.290 e. The first-order valence-electron chi connectivity index (χ1n) is 11.8. The second-order valence-electron chi connectivity index (χ2n) is 9.02. The molecule has 10 nitrogen and oxygen atoms in total. The number of aromatic nitrogens is 2. The number of hydrogen-bond donors (Lipinski definition) is 3. The van der Waals surface area contributed by atoms with Gasteiger partial charge in [-0.15, -0.1) is 5.10 Å². The zero-order valence-corrected chi connectivity index (χ0v) is 20.7. The third-order valence-electron chi connectivity index (χ3n) is 6.55. The van der Waals surface area contributed by atoms with Crippen LogP contribution in [0.4, 0.5) is 5.82 Å². The molecule has 0 radical (unpaired) electrons. The van der Waals surface area contributed by atoms with E-state index in [1.54, 1.807) is 0 Å². The second-order valence-corrected chi connectivity index (χ2v) is 9.02. The summed E-state index contributed by atoms with van der Waals surface area (Å²) in [4.78, 5) is 23.8. The fourth-order valence-electron chi connectivity index (χ4n) is 4.56. The zero-order valence-electron chi connectivity index (χ0n) is 20.7. The van der Waals surface area contributed by atoms with Gasteiger partial charge < -0.3 is 25.1 Å². The Kier molecular flexibility index (Phi) is 11.0. The molecule has 3 heterocycles. The molecule has 0 spiro atoms. The number of carboxylic acid groups (broad SMARTS) is 2. The van der Waals surface area contributed by atoms with E-state index in [2.05, 4.69) is 70.1 Å². The molecule has 2 saturated heterocycles. The highest BCUT2D eigenvalue weighted by Crippen LogP contribution is 2.37. The lowest BCUT2D eigenvalue weighted by atomic mass is 9.79. The number of nitrogens with zero attached hydrogens (tertiary/aromatic N) is 5. The molecule has 4 rings (SSSR count). The molecule has 2 fully saturated rings.